The number of Topliss-reactive ketones (excluding diaryl/α,β-unsaturated/α-hetero) is 1. The van der Waals surface area contributed by atoms with Crippen LogP contribution in [-0.2, 0) is 20.9 Å². The fourth-order valence-electron chi connectivity index (χ4n) is 4.02. The van der Waals surface area contributed by atoms with Crippen LogP contribution in [0.3, 0.4) is 0 Å². The number of carbonyl (C=O) groups is 2. The van der Waals surface area contributed by atoms with Crippen molar-refractivity contribution in [2.24, 2.45) is 0 Å². The second kappa shape index (κ2) is 8.07. The predicted octanol–water partition coefficient (Wildman–Crippen LogP) is 5.28. The van der Waals surface area contributed by atoms with Crippen LogP contribution in [0.1, 0.15) is 29.5 Å². The first-order chi connectivity index (χ1) is 14.5. The molecule has 0 aliphatic heterocycles. The van der Waals surface area contributed by atoms with Gasteiger partial charge in [0.15, 0.2) is 0 Å². The van der Waals surface area contributed by atoms with Gasteiger partial charge in [-0.25, -0.2) is 9.18 Å². The number of alkyl halides is 1. The largest absolute Gasteiger partial charge is 0.458 e. The molecule has 0 heterocycles. The van der Waals surface area contributed by atoms with Crippen LogP contribution in [0.25, 0.3) is 5.57 Å². The summed E-state index contributed by atoms with van der Waals surface area (Å²) in [7, 11) is 0. The maximum absolute atomic E-state index is 16.5. The van der Waals surface area contributed by atoms with Gasteiger partial charge >= 0.3 is 5.97 Å². The maximum Gasteiger partial charge on any atom is 0.353 e. The van der Waals surface area contributed by atoms with Crippen LogP contribution in [0.2, 0.25) is 0 Å². The van der Waals surface area contributed by atoms with Gasteiger partial charge in [-0.15, -0.1) is 0 Å². The third kappa shape index (κ3) is 3.35. The Kier molecular flexibility index (Phi) is 5.32. The molecule has 3 aromatic rings. The van der Waals surface area contributed by atoms with Crippen molar-refractivity contribution >= 4 is 17.3 Å². The summed E-state index contributed by atoms with van der Waals surface area (Å²) in [4.78, 5) is 26.1. The molecule has 3 nitrogen and oxygen atoms in total. The Labute approximate surface area is 174 Å². The lowest BCUT2D eigenvalue weighted by molar-refractivity contribution is -0.162. The monoisotopic (exact) mass is 400 g/mol. The van der Waals surface area contributed by atoms with Gasteiger partial charge in [-0.05, 0) is 29.2 Å². The molecule has 2 atom stereocenters. The lowest BCUT2D eigenvalue weighted by atomic mass is 9.80. The van der Waals surface area contributed by atoms with E-state index in [1.165, 1.54) is 0 Å². The minimum absolute atomic E-state index is 0.0974. The summed E-state index contributed by atoms with van der Waals surface area (Å²) in [5, 5.41) is 0. The highest BCUT2D eigenvalue weighted by atomic mass is 19.1. The van der Waals surface area contributed by atoms with Crippen molar-refractivity contribution in [1.29, 1.82) is 0 Å². The zero-order valence-corrected chi connectivity index (χ0v) is 16.5. The lowest BCUT2D eigenvalue weighted by Gasteiger charge is -2.27. The molecule has 4 heteroatoms. The molecule has 3 aromatic carbocycles. The molecular weight excluding hydrogens is 379 g/mol. The number of hydrogen-bond donors (Lipinski definition) is 0. The minimum atomic E-state index is -2.81. The zero-order chi connectivity index (χ0) is 21.1. The summed E-state index contributed by atoms with van der Waals surface area (Å²) in [5.74, 6) is -3.07. The second-order valence-electron chi connectivity index (χ2n) is 7.35. The van der Waals surface area contributed by atoms with Crippen molar-refractivity contribution in [2.75, 3.05) is 0 Å². The molecule has 1 aliphatic rings. The molecule has 0 saturated heterocycles. The van der Waals surface area contributed by atoms with Gasteiger partial charge < -0.3 is 4.74 Å². The highest BCUT2D eigenvalue weighted by Crippen LogP contribution is 2.51. The summed E-state index contributed by atoms with van der Waals surface area (Å²) in [6.45, 7) is 1.48. The summed E-state index contributed by atoms with van der Waals surface area (Å²) in [6.07, 6.45) is 0. The number of ether oxygens (including phenoxy) is 1. The summed E-state index contributed by atoms with van der Waals surface area (Å²) in [5.41, 5.74) is -0.0524. The molecule has 0 fully saturated rings. The molecule has 150 valence electrons. The van der Waals surface area contributed by atoms with Crippen molar-refractivity contribution < 1.29 is 18.7 Å². The molecule has 0 bridgehead atoms. The molecule has 0 N–H and O–H groups in total. The summed E-state index contributed by atoms with van der Waals surface area (Å²) >= 11 is 0. The standard InChI is InChI=1S/C26H21FO3/c1-18-22(20-13-7-3-8-14-20)23(21-15-9-4-10-16-21)26(27,24(18)28)25(29)30-17-19-11-5-2-6-12-19/h2-16,23H,17H2,1H3/t23-,26+/m0/s1. The first kappa shape index (κ1) is 19.8. The first-order valence-electron chi connectivity index (χ1n) is 9.79. The highest BCUT2D eigenvalue weighted by Gasteiger charge is 2.61. The van der Waals surface area contributed by atoms with E-state index in [9.17, 15) is 9.59 Å². The second-order valence-corrected chi connectivity index (χ2v) is 7.35. The normalized spacial score (nSPS) is 21.0. The van der Waals surface area contributed by atoms with Crippen molar-refractivity contribution in [3.63, 3.8) is 0 Å². The van der Waals surface area contributed by atoms with Gasteiger partial charge in [0.05, 0.1) is 5.92 Å². The lowest BCUT2D eigenvalue weighted by Crippen LogP contribution is -2.45. The van der Waals surface area contributed by atoms with E-state index in [1.807, 2.05) is 42.5 Å². The number of rotatable bonds is 5. The maximum atomic E-state index is 16.5. The Bertz CT molecular complexity index is 1090. The molecule has 0 unspecified atom stereocenters. The van der Waals surface area contributed by atoms with E-state index in [4.69, 9.17) is 4.74 Å². The predicted molar refractivity (Wildman–Crippen MR) is 113 cm³/mol. The molecule has 0 radical (unpaired) electrons. The van der Waals surface area contributed by atoms with Crippen LogP contribution >= 0.6 is 0 Å². The molecule has 4 rings (SSSR count). The van der Waals surface area contributed by atoms with Crippen LogP contribution in [0.15, 0.2) is 96.6 Å². The first-order valence-corrected chi connectivity index (χ1v) is 9.79. The zero-order valence-electron chi connectivity index (χ0n) is 16.5. The number of benzene rings is 3. The quantitative estimate of drug-likeness (QED) is 0.432. The topological polar surface area (TPSA) is 43.4 Å². The number of carbonyl (C=O) groups excluding carboxylic acids is 2. The van der Waals surface area contributed by atoms with Crippen LogP contribution in [0.5, 0.6) is 0 Å². The number of halogens is 1. The average molecular weight is 400 g/mol. The molecule has 0 amide bonds. The van der Waals surface area contributed by atoms with E-state index in [-0.39, 0.29) is 12.2 Å². The van der Waals surface area contributed by atoms with Crippen LogP contribution in [0.4, 0.5) is 4.39 Å². The van der Waals surface area contributed by atoms with Crippen molar-refractivity contribution in [3.8, 4) is 0 Å². The molecule has 0 spiro atoms. The Morgan fingerprint density at radius 1 is 0.900 bits per heavy atom. The van der Waals surface area contributed by atoms with Gasteiger partial charge in [0.1, 0.15) is 6.61 Å². The summed E-state index contributed by atoms with van der Waals surface area (Å²) in [6, 6.07) is 27.0. The van der Waals surface area contributed by atoms with Gasteiger partial charge in [-0.1, -0.05) is 91.0 Å². The fraction of sp³-hybridized carbons (Fsp3) is 0.154. The summed E-state index contributed by atoms with van der Waals surface area (Å²) < 4.78 is 21.8. The van der Waals surface area contributed by atoms with E-state index >= 15 is 4.39 Å². The minimum Gasteiger partial charge on any atom is -0.458 e. The number of hydrogen-bond acceptors (Lipinski definition) is 3. The average Bonchev–Trinajstić information content (AvgIpc) is 3.01. The van der Waals surface area contributed by atoms with Gasteiger partial charge in [-0.2, -0.15) is 0 Å². The smallest absolute Gasteiger partial charge is 0.353 e. The van der Waals surface area contributed by atoms with E-state index in [0.29, 0.717) is 16.7 Å². The Morgan fingerprint density at radius 2 is 1.43 bits per heavy atom. The molecule has 0 aromatic heterocycles. The van der Waals surface area contributed by atoms with Crippen molar-refractivity contribution in [1.82, 2.24) is 0 Å². The Hall–Kier alpha value is -3.53. The van der Waals surface area contributed by atoms with Crippen molar-refractivity contribution in [3.05, 3.63) is 113 Å². The molecule has 0 saturated carbocycles. The van der Waals surface area contributed by atoms with Gasteiger partial charge in [0.25, 0.3) is 5.67 Å². The third-order valence-corrected chi connectivity index (χ3v) is 5.49. The highest BCUT2D eigenvalue weighted by molar-refractivity contribution is 6.24. The number of ketones is 1. The van der Waals surface area contributed by atoms with Gasteiger partial charge in [-0.3, -0.25) is 4.79 Å². The number of allylic oxidation sites excluding steroid dienone is 2. The van der Waals surface area contributed by atoms with E-state index in [1.54, 1.807) is 55.5 Å². The van der Waals surface area contributed by atoms with Crippen LogP contribution < -0.4 is 0 Å². The van der Waals surface area contributed by atoms with E-state index in [0.717, 1.165) is 5.56 Å². The van der Waals surface area contributed by atoms with Crippen LogP contribution in [0, 0.1) is 0 Å². The van der Waals surface area contributed by atoms with Gasteiger partial charge in [0, 0.05) is 5.57 Å². The molecular formula is C26H21FO3. The number of esters is 1. The van der Waals surface area contributed by atoms with E-state index < -0.39 is 23.3 Å². The van der Waals surface area contributed by atoms with Crippen LogP contribution in [-0.4, -0.2) is 17.4 Å². The SMILES string of the molecule is CC1=C(c2ccccc2)[C@H](c2ccccc2)[C@](F)(C(=O)OCc2ccccc2)C1=O. The van der Waals surface area contributed by atoms with Crippen molar-refractivity contribution in [2.45, 2.75) is 25.1 Å². The Morgan fingerprint density at radius 3 is 2.03 bits per heavy atom. The Balaban J connectivity index is 1.76. The molecule has 30 heavy (non-hydrogen) atoms. The third-order valence-electron chi connectivity index (χ3n) is 5.49. The van der Waals surface area contributed by atoms with Gasteiger partial charge in [0.2, 0.25) is 5.78 Å². The van der Waals surface area contributed by atoms with E-state index in [2.05, 4.69) is 0 Å². The fourth-order valence-corrected chi connectivity index (χ4v) is 4.02. The molecule has 1 aliphatic carbocycles.